The van der Waals surface area contributed by atoms with Crippen LogP contribution < -0.4 is 0 Å². The van der Waals surface area contributed by atoms with Crippen molar-refractivity contribution in [1.29, 1.82) is 0 Å². The summed E-state index contributed by atoms with van der Waals surface area (Å²) in [5.41, 5.74) is -0.181. The molecular weight excluding hydrogens is 215 g/mol. The average molecular weight is 228 g/mol. The fourth-order valence-electron chi connectivity index (χ4n) is 0.236. The number of hydrogen-bond acceptors (Lipinski definition) is 4. The van der Waals surface area contributed by atoms with Crippen molar-refractivity contribution in [3.63, 3.8) is 0 Å². The molecule has 0 fully saturated rings. The quantitative estimate of drug-likeness (QED) is 0.385. The van der Waals surface area contributed by atoms with E-state index in [-0.39, 0.29) is 12.2 Å². The first-order valence-corrected chi connectivity index (χ1v) is 4.99. The molecule has 4 N–H and O–H groups in total. The highest BCUT2D eigenvalue weighted by Crippen LogP contribution is 2.34. The zero-order chi connectivity index (χ0) is 11.8. The Balaban J connectivity index is 0. The third-order valence-electron chi connectivity index (χ3n) is 0.791. The number of aliphatic hydroxyl groups is 1. The molecule has 8 heteroatoms. The van der Waals surface area contributed by atoms with E-state index >= 15 is 0 Å². The summed E-state index contributed by atoms with van der Waals surface area (Å²) in [5, 5.41) is 15.9. The second kappa shape index (κ2) is 7.66. The molecule has 0 rings (SSSR count). The van der Waals surface area contributed by atoms with Gasteiger partial charge in [-0.25, -0.2) is 9.36 Å². The molecule has 0 atom stereocenters. The molecule has 0 amide bonds. The number of phosphoric acid groups is 1. The van der Waals surface area contributed by atoms with Gasteiger partial charge in [-0.3, -0.25) is 4.52 Å². The van der Waals surface area contributed by atoms with E-state index in [9.17, 15) is 9.36 Å². The normalized spacial score (nSPS) is 10.0. The Morgan fingerprint density at radius 2 is 1.93 bits per heavy atom. The van der Waals surface area contributed by atoms with E-state index in [1.807, 2.05) is 0 Å². The molecule has 0 aromatic rings. The highest BCUT2D eigenvalue weighted by Gasteiger charge is 2.10. The second-order valence-electron chi connectivity index (χ2n) is 1.98. The minimum Gasteiger partial charge on any atom is -0.478 e. The lowest BCUT2D eigenvalue weighted by atomic mass is 10.3. The minimum atomic E-state index is -4.17. The maximum Gasteiger partial charge on any atom is 0.469 e. The molecule has 0 saturated heterocycles. The van der Waals surface area contributed by atoms with E-state index in [0.717, 1.165) is 0 Å². The maximum absolute atomic E-state index is 9.70. The molecule has 0 aromatic carbocycles. The average Bonchev–Trinajstić information content (AvgIpc) is 2.01. The SMILES string of the molecule is C=C(CO)C(=O)O.CCOP(=O)(O)O. The topological polar surface area (TPSA) is 124 Å². The molecule has 84 valence electrons. The number of rotatable bonds is 4. The van der Waals surface area contributed by atoms with E-state index in [4.69, 9.17) is 20.0 Å². The summed E-state index contributed by atoms with van der Waals surface area (Å²) < 4.78 is 13.6. The molecule has 0 unspecified atom stereocenters. The largest absolute Gasteiger partial charge is 0.478 e. The van der Waals surface area contributed by atoms with Gasteiger partial charge in [-0.05, 0) is 6.92 Å². The van der Waals surface area contributed by atoms with E-state index in [1.54, 1.807) is 0 Å². The van der Waals surface area contributed by atoms with Crippen molar-refractivity contribution in [2.24, 2.45) is 0 Å². The fraction of sp³-hybridized carbons (Fsp3) is 0.500. The van der Waals surface area contributed by atoms with Crippen molar-refractivity contribution < 1.29 is 33.9 Å². The highest BCUT2D eigenvalue weighted by atomic mass is 31.2. The molecule has 0 heterocycles. The van der Waals surface area contributed by atoms with Crippen LogP contribution in [0.25, 0.3) is 0 Å². The van der Waals surface area contributed by atoms with Crippen LogP contribution in [0.15, 0.2) is 12.2 Å². The molecule has 0 bridgehead atoms. The lowest BCUT2D eigenvalue weighted by Crippen LogP contribution is -2.01. The van der Waals surface area contributed by atoms with Crippen molar-refractivity contribution in [2.45, 2.75) is 6.92 Å². The minimum absolute atomic E-state index is 0.0459. The van der Waals surface area contributed by atoms with Crippen molar-refractivity contribution in [3.05, 3.63) is 12.2 Å². The van der Waals surface area contributed by atoms with Crippen molar-refractivity contribution in [1.82, 2.24) is 0 Å². The smallest absolute Gasteiger partial charge is 0.469 e. The summed E-state index contributed by atoms with van der Waals surface area (Å²) in [6.45, 7) is 4.11. The zero-order valence-electron chi connectivity index (χ0n) is 7.58. The molecule has 0 aromatic heterocycles. The molecular formula is C6H13O7P. The van der Waals surface area contributed by atoms with Crippen LogP contribution in [-0.2, 0) is 13.9 Å². The monoisotopic (exact) mass is 228 g/mol. The van der Waals surface area contributed by atoms with Gasteiger partial charge in [0.15, 0.2) is 0 Å². The number of aliphatic hydroxyl groups excluding tert-OH is 1. The van der Waals surface area contributed by atoms with Crippen LogP contribution >= 0.6 is 7.82 Å². The van der Waals surface area contributed by atoms with Gasteiger partial charge < -0.3 is 20.0 Å². The highest BCUT2D eigenvalue weighted by molar-refractivity contribution is 7.46. The lowest BCUT2D eigenvalue weighted by molar-refractivity contribution is -0.133. The van der Waals surface area contributed by atoms with Gasteiger partial charge in [-0.2, -0.15) is 0 Å². The Labute approximate surface area is 80.9 Å². The molecule has 0 aliphatic heterocycles. The summed E-state index contributed by atoms with van der Waals surface area (Å²) in [6, 6.07) is 0. The Hall–Kier alpha value is -0.720. The Morgan fingerprint density at radius 3 is 1.93 bits per heavy atom. The first-order valence-electron chi connectivity index (χ1n) is 3.46. The molecule has 0 aliphatic carbocycles. The van der Waals surface area contributed by atoms with Gasteiger partial charge in [0.05, 0.1) is 18.8 Å². The summed E-state index contributed by atoms with van der Waals surface area (Å²) in [7, 11) is -4.17. The Kier molecular flexibility index (Phi) is 8.61. The Bertz CT molecular complexity index is 230. The van der Waals surface area contributed by atoms with Gasteiger partial charge in [0, 0.05) is 0 Å². The molecule has 7 nitrogen and oxygen atoms in total. The first-order chi connectivity index (χ1) is 6.24. The number of aliphatic carboxylic acids is 1. The van der Waals surface area contributed by atoms with Gasteiger partial charge >= 0.3 is 13.8 Å². The third-order valence-corrected chi connectivity index (χ3v) is 1.39. The standard InChI is InChI=1S/C4H6O3.C2H7O4P/c1-3(2-5)4(6)7;1-2-6-7(3,4)5/h5H,1-2H2,(H,6,7);2H2,1H3,(H2,3,4,5). The predicted octanol–water partition coefficient (Wildman–Crippen LogP) is -0.265. The summed E-state index contributed by atoms with van der Waals surface area (Å²) in [6.07, 6.45) is 0. The molecule has 0 radical (unpaired) electrons. The van der Waals surface area contributed by atoms with Gasteiger partial charge in [0.1, 0.15) is 0 Å². The van der Waals surface area contributed by atoms with E-state index in [0.29, 0.717) is 0 Å². The number of phosphoric ester groups is 1. The van der Waals surface area contributed by atoms with Crippen LogP contribution in [-0.4, -0.2) is 39.2 Å². The molecule has 0 aliphatic rings. The lowest BCUT2D eigenvalue weighted by Gasteiger charge is -1.98. The van der Waals surface area contributed by atoms with E-state index < -0.39 is 20.4 Å². The second-order valence-corrected chi connectivity index (χ2v) is 3.21. The number of hydrogen-bond donors (Lipinski definition) is 4. The Morgan fingerprint density at radius 1 is 1.50 bits per heavy atom. The van der Waals surface area contributed by atoms with Gasteiger partial charge in [0.25, 0.3) is 0 Å². The summed E-state index contributed by atoms with van der Waals surface area (Å²) >= 11 is 0. The summed E-state index contributed by atoms with van der Waals surface area (Å²) in [5.74, 6) is -1.15. The van der Waals surface area contributed by atoms with Crippen molar-refractivity contribution in [2.75, 3.05) is 13.2 Å². The van der Waals surface area contributed by atoms with E-state index in [2.05, 4.69) is 11.1 Å². The number of carboxylic acids is 1. The van der Waals surface area contributed by atoms with Crippen LogP contribution in [0.4, 0.5) is 0 Å². The van der Waals surface area contributed by atoms with Crippen LogP contribution in [0.2, 0.25) is 0 Å². The van der Waals surface area contributed by atoms with Crippen molar-refractivity contribution >= 4 is 13.8 Å². The zero-order valence-corrected chi connectivity index (χ0v) is 8.48. The van der Waals surface area contributed by atoms with Crippen LogP contribution in [0.1, 0.15) is 6.92 Å². The number of carbonyl (C=O) groups is 1. The van der Waals surface area contributed by atoms with Crippen molar-refractivity contribution in [3.8, 4) is 0 Å². The van der Waals surface area contributed by atoms with Crippen LogP contribution in [0.5, 0.6) is 0 Å². The van der Waals surface area contributed by atoms with Crippen LogP contribution in [0, 0.1) is 0 Å². The van der Waals surface area contributed by atoms with Gasteiger partial charge in [-0.15, -0.1) is 0 Å². The maximum atomic E-state index is 9.70. The fourth-order valence-corrected chi connectivity index (χ4v) is 0.572. The summed E-state index contributed by atoms with van der Waals surface area (Å²) in [4.78, 5) is 25.5. The van der Waals surface area contributed by atoms with E-state index in [1.165, 1.54) is 6.92 Å². The van der Waals surface area contributed by atoms with Gasteiger partial charge in [0.2, 0.25) is 0 Å². The first kappa shape index (κ1) is 15.7. The molecule has 14 heavy (non-hydrogen) atoms. The third kappa shape index (κ3) is 13.8. The van der Waals surface area contributed by atoms with Crippen LogP contribution in [0.3, 0.4) is 0 Å². The number of carboxylic acid groups (broad SMARTS) is 1. The molecule has 0 spiro atoms. The van der Waals surface area contributed by atoms with Gasteiger partial charge in [-0.1, -0.05) is 6.58 Å². The molecule has 0 saturated carbocycles. The predicted molar refractivity (Wildman–Crippen MR) is 47.5 cm³/mol.